The molecule has 1 N–H and O–H groups in total. The number of Topliss-reactive ketones (excluding diaryl/α,β-unsaturated/α-hetero) is 1. The number of aromatic nitrogens is 1. The van der Waals surface area contributed by atoms with Crippen LogP contribution >= 0.6 is 11.6 Å². The van der Waals surface area contributed by atoms with Crippen molar-refractivity contribution in [2.45, 2.75) is 12.6 Å². The van der Waals surface area contributed by atoms with Crippen LogP contribution in [-0.4, -0.2) is 33.8 Å². The molecule has 0 spiro atoms. The van der Waals surface area contributed by atoms with Gasteiger partial charge >= 0.3 is 0 Å². The molecule has 31 heavy (non-hydrogen) atoms. The highest BCUT2D eigenvalue weighted by atomic mass is 35.5. The molecular formula is C24H19ClN2O4. The molecule has 1 aromatic heterocycles. The molecule has 0 saturated carbocycles. The first-order valence-electron chi connectivity index (χ1n) is 9.58. The minimum Gasteiger partial charge on any atom is -0.507 e. The van der Waals surface area contributed by atoms with Gasteiger partial charge in [0.1, 0.15) is 11.5 Å². The van der Waals surface area contributed by atoms with Crippen LogP contribution in [0.1, 0.15) is 22.9 Å². The first-order valence-corrected chi connectivity index (χ1v) is 9.96. The van der Waals surface area contributed by atoms with Crippen LogP contribution < -0.4 is 4.74 Å². The number of nitrogens with zero attached hydrogens (tertiary/aromatic N) is 2. The van der Waals surface area contributed by atoms with E-state index in [2.05, 4.69) is 4.98 Å². The smallest absolute Gasteiger partial charge is 0.296 e. The number of hydrogen-bond acceptors (Lipinski definition) is 5. The van der Waals surface area contributed by atoms with Crippen molar-refractivity contribution < 1.29 is 19.4 Å². The average molecular weight is 435 g/mol. The number of amides is 1. The van der Waals surface area contributed by atoms with Crippen molar-refractivity contribution in [2.24, 2.45) is 0 Å². The molecule has 1 aliphatic rings. The van der Waals surface area contributed by atoms with Gasteiger partial charge < -0.3 is 14.7 Å². The predicted octanol–water partition coefficient (Wildman–Crippen LogP) is 4.37. The fourth-order valence-corrected chi connectivity index (χ4v) is 3.92. The maximum atomic E-state index is 13.0. The summed E-state index contributed by atoms with van der Waals surface area (Å²) in [7, 11) is 1.49. The molecule has 2 heterocycles. The molecule has 4 rings (SSSR count). The molecule has 7 heteroatoms. The normalized spacial score (nSPS) is 17.7. The molecule has 156 valence electrons. The molecule has 3 aromatic rings. The number of aliphatic hydroxyl groups is 1. The van der Waals surface area contributed by atoms with Crippen molar-refractivity contribution in [3.8, 4) is 5.75 Å². The summed E-state index contributed by atoms with van der Waals surface area (Å²) < 4.78 is 5.15. The van der Waals surface area contributed by atoms with E-state index in [0.717, 1.165) is 0 Å². The Kier molecular flexibility index (Phi) is 5.73. The van der Waals surface area contributed by atoms with Gasteiger partial charge in [0.05, 0.1) is 36.0 Å². The fourth-order valence-electron chi connectivity index (χ4n) is 3.66. The van der Waals surface area contributed by atoms with Crippen molar-refractivity contribution >= 4 is 29.1 Å². The van der Waals surface area contributed by atoms with E-state index in [1.807, 2.05) is 36.4 Å². The largest absolute Gasteiger partial charge is 0.507 e. The molecule has 6 nitrogen and oxygen atoms in total. The van der Waals surface area contributed by atoms with Crippen LogP contribution in [0, 0.1) is 0 Å². The van der Waals surface area contributed by atoms with Crippen LogP contribution in [-0.2, 0) is 16.1 Å². The topological polar surface area (TPSA) is 79.7 Å². The number of hydrogen-bond donors (Lipinski definition) is 1. The number of rotatable bonds is 5. The summed E-state index contributed by atoms with van der Waals surface area (Å²) in [5, 5.41) is 11.4. The average Bonchev–Trinajstić information content (AvgIpc) is 3.04. The number of benzene rings is 2. The minimum absolute atomic E-state index is 0.00775. The maximum absolute atomic E-state index is 13.0. The van der Waals surface area contributed by atoms with Gasteiger partial charge in [-0.25, -0.2) is 0 Å². The minimum atomic E-state index is -0.760. The molecular weight excluding hydrogens is 416 g/mol. The number of ether oxygens (including phenoxy) is 1. The fraction of sp³-hybridized carbons (Fsp3) is 0.125. The zero-order valence-corrected chi connectivity index (χ0v) is 17.4. The molecule has 1 unspecified atom stereocenters. The lowest BCUT2D eigenvalue weighted by molar-refractivity contribution is -0.140. The summed E-state index contributed by atoms with van der Waals surface area (Å²) in [6.45, 7) is 0.130. The van der Waals surface area contributed by atoms with Gasteiger partial charge in [-0.2, -0.15) is 0 Å². The second-order valence-electron chi connectivity index (χ2n) is 7.01. The van der Waals surface area contributed by atoms with Crippen molar-refractivity contribution in [1.29, 1.82) is 0 Å². The Morgan fingerprint density at radius 1 is 1.10 bits per heavy atom. The van der Waals surface area contributed by atoms with Gasteiger partial charge in [0.25, 0.3) is 11.7 Å². The Labute approximate surface area is 184 Å². The Hall–Kier alpha value is -3.64. The van der Waals surface area contributed by atoms with E-state index >= 15 is 0 Å². The van der Waals surface area contributed by atoms with Gasteiger partial charge in [-0.3, -0.25) is 14.6 Å². The van der Waals surface area contributed by atoms with E-state index in [1.165, 1.54) is 18.1 Å². The lowest BCUT2D eigenvalue weighted by Crippen LogP contribution is -2.29. The van der Waals surface area contributed by atoms with Crippen molar-refractivity contribution in [2.75, 3.05) is 7.11 Å². The summed E-state index contributed by atoms with van der Waals surface area (Å²) in [4.78, 5) is 31.7. The van der Waals surface area contributed by atoms with E-state index in [-0.39, 0.29) is 22.9 Å². The van der Waals surface area contributed by atoms with Crippen LogP contribution in [0.2, 0.25) is 5.02 Å². The maximum Gasteiger partial charge on any atom is 0.296 e. The van der Waals surface area contributed by atoms with Gasteiger partial charge in [0.15, 0.2) is 0 Å². The highest BCUT2D eigenvalue weighted by Crippen LogP contribution is 2.40. The molecule has 1 aliphatic heterocycles. The summed E-state index contributed by atoms with van der Waals surface area (Å²) in [5.74, 6) is -1.30. The molecule has 2 aromatic carbocycles. The second kappa shape index (κ2) is 8.62. The van der Waals surface area contributed by atoms with Gasteiger partial charge in [0.2, 0.25) is 0 Å². The van der Waals surface area contributed by atoms with Gasteiger partial charge in [-0.05, 0) is 35.9 Å². The number of methoxy groups -OCH3 is 1. The summed E-state index contributed by atoms with van der Waals surface area (Å²) in [6, 6.07) is 18.4. The van der Waals surface area contributed by atoms with E-state index in [9.17, 15) is 14.7 Å². The Morgan fingerprint density at radius 3 is 2.48 bits per heavy atom. The van der Waals surface area contributed by atoms with Crippen LogP contribution in [0.3, 0.4) is 0 Å². The second-order valence-corrected chi connectivity index (χ2v) is 7.42. The first-order chi connectivity index (χ1) is 15.0. The summed E-state index contributed by atoms with van der Waals surface area (Å²) in [6.07, 6.45) is 1.63. The van der Waals surface area contributed by atoms with E-state index in [1.54, 1.807) is 30.5 Å². The lowest BCUT2D eigenvalue weighted by atomic mass is 9.95. The SMILES string of the molecule is COc1ccc(/C(O)=C2/C(=O)C(=O)N(Cc3ccccn3)C2c2ccccc2)cc1Cl. The van der Waals surface area contributed by atoms with E-state index < -0.39 is 17.7 Å². The Morgan fingerprint density at radius 2 is 1.84 bits per heavy atom. The van der Waals surface area contributed by atoms with E-state index in [4.69, 9.17) is 16.3 Å². The zero-order valence-electron chi connectivity index (χ0n) is 16.7. The highest BCUT2D eigenvalue weighted by Gasteiger charge is 2.46. The number of carbonyl (C=O) groups is 2. The molecule has 0 radical (unpaired) electrons. The Balaban J connectivity index is 1.85. The van der Waals surface area contributed by atoms with Crippen molar-refractivity contribution in [3.05, 3.63) is 100 Å². The summed E-state index contributed by atoms with van der Waals surface area (Å²) in [5.41, 5.74) is 1.67. The molecule has 1 atom stereocenters. The lowest BCUT2D eigenvalue weighted by Gasteiger charge is -2.25. The first kappa shape index (κ1) is 20.6. The summed E-state index contributed by atoms with van der Waals surface area (Å²) >= 11 is 6.21. The number of ketones is 1. The third kappa shape index (κ3) is 3.90. The van der Waals surface area contributed by atoms with Crippen molar-refractivity contribution in [3.63, 3.8) is 0 Å². The standard InChI is InChI=1S/C24H19ClN2O4/c1-31-19-11-10-16(13-18(19)25)22(28)20-21(15-7-3-2-4-8-15)27(24(30)23(20)29)14-17-9-5-6-12-26-17/h2-13,21,28H,14H2,1H3/b22-20-. The predicted molar refractivity (Wildman–Crippen MR) is 117 cm³/mol. The molecule has 1 fully saturated rings. The third-order valence-corrected chi connectivity index (χ3v) is 5.43. The Bertz CT molecular complexity index is 1160. The van der Waals surface area contributed by atoms with E-state index in [0.29, 0.717) is 22.6 Å². The molecule has 0 aliphatic carbocycles. The highest BCUT2D eigenvalue weighted by molar-refractivity contribution is 6.46. The molecule has 1 saturated heterocycles. The number of pyridine rings is 1. The third-order valence-electron chi connectivity index (χ3n) is 5.14. The number of carbonyl (C=O) groups excluding carboxylic acids is 2. The zero-order chi connectivity index (χ0) is 22.0. The van der Waals surface area contributed by atoms with Gasteiger partial charge in [-0.1, -0.05) is 48.0 Å². The van der Waals surface area contributed by atoms with Crippen LogP contribution in [0.15, 0.2) is 78.5 Å². The molecule has 0 bridgehead atoms. The van der Waals surface area contributed by atoms with Crippen LogP contribution in [0.25, 0.3) is 5.76 Å². The van der Waals surface area contributed by atoms with Crippen molar-refractivity contribution in [1.82, 2.24) is 9.88 Å². The molecule has 1 amide bonds. The van der Waals surface area contributed by atoms with Crippen LogP contribution in [0.5, 0.6) is 5.75 Å². The number of likely N-dealkylation sites (tertiary alicyclic amines) is 1. The van der Waals surface area contributed by atoms with Gasteiger partial charge in [-0.15, -0.1) is 0 Å². The van der Waals surface area contributed by atoms with Crippen LogP contribution in [0.4, 0.5) is 0 Å². The monoisotopic (exact) mass is 434 g/mol. The quantitative estimate of drug-likeness (QED) is 0.366. The number of aliphatic hydroxyl groups excluding tert-OH is 1. The van der Waals surface area contributed by atoms with Gasteiger partial charge in [0, 0.05) is 11.8 Å². The number of halogens is 1.